The largest absolute Gasteiger partial charge is 0.367 e. The van der Waals surface area contributed by atoms with E-state index in [1.54, 1.807) is 0 Å². The quantitative estimate of drug-likeness (QED) is 0.864. The Hall–Kier alpha value is -1.94. The molecule has 1 aliphatic heterocycles. The van der Waals surface area contributed by atoms with Gasteiger partial charge in [0.05, 0.1) is 11.4 Å². The molecule has 3 rings (SSSR count). The van der Waals surface area contributed by atoms with Gasteiger partial charge in [0.2, 0.25) is 0 Å². The molecule has 1 N–H and O–H groups in total. The predicted octanol–water partition coefficient (Wildman–Crippen LogP) is 1.55. The van der Waals surface area contributed by atoms with Crippen molar-refractivity contribution in [1.82, 2.24) is 15.3 Å². The number of hydrogen-bond acceptors (Lipinski definition) is 4. The van der Waals surface area contributed by atoms with Crippen LogP contribution in [-0.4, -0.2) is 36.1 Å². The monoisotopic (exact) mass is 240 g/mol. The van der Waals surface area contributed by atoms with Gasteiger partial charge in [0.25, 0.3) is 0 Å². The average Bonchev–Trinajstić information content (AvgIpc) is 2.49. The van der Waals surface area contributed by atoms with Gasteiger partial charge in [-0.05, 0) is 24.3 Å². The number of hydrogen-bond donors (Lipinski definition) is 1. The topological polar surface area (TPSA) is 41.1 Å². The van der Waals surface area contributed by atoms with Crippen LogP contribution in [0.2, 0.25) is 0 Å². The maximum absolute atomic E-state index is 4.50. The summed E-state index contributed by atoms with van der Waals surface area (Å²) in [6, 6.07) is 10.1. The summed E-state index contributed by atoms with van der Waals surface area (Å²) in [7, 11) is 0. The molecule has 0 unspecified atom stereocenters. The van der Waals surface area contributed by atoms with Gasteiger partial charge in [-0.2, -0.15) is 0 Å². The third-order valence-electron chi connectivity index (χ3n) is 3.15. The molecule has 2 aromatic rings. The average molecular weight is 240 g/mol. The van der Waals surface area contributed by atoms with Gasteiger partial charge in [-0.3, -0.25) is 9.97 Å². The molecule has 0 bridgehead atoms. The van der Waals surface area contributed by atoms with Gasteiger partial charge in [-0.1, -0.05) is 6.07 Å². The minimum atomic E-state index is 0.937. The predicted molar refractivity (Wildman–Crippen MR) is 72.6 cm³/mol. The Kier molecular flexibility index (Phi) is 3.19. The number of nitrogens with one attached hydrogen (secondary N) is 1. The molecule has 1 aliphatic rings. The molecule has 1 saturated heterocycles. The van der Waals surface area contributed by atoms with Crippen molar-refractivity contribution in [2.45, 2.75) is 0 Å². The van der Waals surface area contributed by atoms with Crippen molar-refractivity contribution >= 4 is 5.69 Å². The molecule has 0 aromatic carbocycles. The van der Waals surface area contributed by atoms with E-state index in [0.717, 1.165) is 37.6 Å². The van der Waals surface area contributed by atoms with Crippen molar-refractivity contribution in [3.8, 4) is 11.4 Å². The van der Waals surface area contributed by atoms with Crippen LogP contribution < -0.4 is 10.2 Å². The molecule has 0 spiro atoms. The fourth-order valence-electron chi connectivity index (χ4n) is 2.26. The summed E-state index contributed by atoms with van der Waals surface area (Å²) in [6.07, 6.45) is 3.64. The van der Waals surface area contributed by atoms with Gasteiger partial charge >= 0.3 is 0 Å². The highest BCUT2D eigenvalue weighted by Gasteiger charge is 2.15. The van der Waals surface area contributed by atoms with Crippen molar-refractivity contribution in [3.05, 3.63) is 42.7 Å². The number of nitrogens with zero attached hydrogens (tertiary/aromatic N) is 3. The van der Waals surface area contributed by atoms with E-state index >= 15 is 0 Å². The fraction of sp³-hybridized carbons (Fsp3) is 0.286. The lowest BCUT2D eigenvalue weighted by atomic mass is 10.2. The Morgan fingerprint density at radius 1 is 0.944 bits per heavy atom. The van der Waals surface area contributed by atoms with Gasteiger partial charge in [0.1, 0.15) is 5.69 Å². The second kappa shape index (κ2) is 5.14. The van der Waals surface area contributed by atoms with Crippen molar-refractivity contribution in [3.63, 3.8) is 0 Å². The fourth-order valence-corrected chi connectivity index (χ4v) is 2.26. The van der Waals surface area contributed by atoms with Crippen LogP contribution in [0, 0.1) is 0 Å². The standard InChI is InChI=1S/C14H16N4/c1-2-6-16-12(4-1)14-13(5-3-7-17-14)18-10-8-15-9-11-18/h1-7,15H,8-11H2. The van der Waals surface area contributed by atoms with Crippen LogP contribution in [0.3, 0.4) is 0 Å². The van der Waals surface area contributed by atoms with E-state index in [1.807, 2.05) is 36.7 Å². The number of piperazine rings is 1. The Morgan fingerprint density at radius 3 is 2.56 bits per heavy atom. The third kappa shape index (κ3) is 2.19. The smallest absolute Gasteiger partial charge is 0.112 e. The van der Waals surface area contributed by atoms with Gasteiger partial charge in [0.15, 0.2) is 0 Å². The molecule has 0 atom stereocenters. The molecule has 3 heterocycles. The maximum atomic E-state index is 4.50. The summed E-state index contributed by atoms with van der Waals surface area (Å²) < 4.78 is 0. The van der Waals surface area contributed by atoms with Crippen LogP contribution in [0.15, 0.2) is 42.7 Å². The summed E-state index contributed by atoms with van der Waals surface area (Å²) in [6.45, 7) is 4.09. The highest BCUT2D eigenvalue weighted by Crippen LogP contribution is 2.26. The third-order valence-corrected chi connectivity index (χ3v) is 3.15. The van der Waals surface area contributed by atoms with Crippen molar-refractivity contribution in [1.29, 1.82) is 0 Å². The van der Waals surface area contributed by atoms with Crippen molar-refractivity contribution in [2.24, 2.45) is 0 Å². The lowest BCUT2D eigenvalue weighted by Gasteiger charge is -2.30. The molecule has 1 fully saturated rings. The molecule has 92 valence electrons. The molecule has 0 saturated carbocycles. The summed E-state index contributed by atoms with van der Waals surface area (Å²) in [5.74, 6) is 0. The van der Waals surface area contributed by atoms with Gasteiger partial charge < -0.3 is 10.2 Å². The molecular formula is C14H16N4. The summed E-state index contributed by atoms with van der Waals surface area (Å²) in [5, 5.41) is 3.37. The van der Waals surface area contributed by atoms with Crippen LogP contribution in [0.25, 0.3) is 11.4 Å². The molecule has 0 amide bonds. The molecule has 4 heteroatoms. The minimum absolute atomic E-state index is 0.937. The number of rotatable bonds is 2. The van der Waals surface area contributed by atoms with Crippen LogP contribution in [-0.2, 0) is 0 Å². The van der Waals surface area contributed by atoms with E-state index in [9.17, 15) is 0 Å². The zero-order valence-corrected chi connectivity index (χ0v) is 10.2. The van der Waals surface area contributed by atoms with Gasteiger partial charge in [0, 0.05) is 38.6 Å². The number of anilines is 1. The van der Waals surface area contributed by atoms with E-state index in [0.29, 0.717) is 0 Å². The zero-order chi connectivity index (χ0) is 12.2. The maximum Gasteiger partial charge on any atom is 0.112 e. The van der Waals surface area contributed by atoms with Crippen molar-refractivity contribution < 1.29 is 0 Å². The Bertz CT molecular complexity index is 506. The highest BCUT2D eigenvalue weighted by atomic mass is 15.2. The second-order valence-corrected chi connectivity index (χ2v) is 4.32. The van der Waals surface area contributed by atoms with Crippen molar-refractivity contribution in [2.75, 3.05) is 31.1 Å². The SMILES string of the molecule is c1ccc(-c2ncccc2N2CCNCC2)nc1. The Labute approximate surface area is 107 Å². The van der Waals surface area contributed by atoms with Crippen LogP contribution in [0.5, 0.6) is 0 Å². The Morgan fingerprint density at radius 2 is 1.78 bits per heavy atom. The molecular weight excluding hydrogens is 224 g/mol. The minimum Gasteiger partial charge on any atom is -0.367 e. The van der Waals surface area contributed by atoms with Crippen LogP contribution in [0.1, 0.15) is 0 Å². The van der Waals surface area contributed by atoms with E-state index in [-0.39, 0.29) is 0 Å². The zero-order valence-electron chi connectivity index (χ0n) is 10.2. The molecule has 0 aliphatic carbocycles. The lowest BCUT2D eigenvalue weighted by Crippen LogP contribution is -2.43. The summed E-state index contributed by atoms with van der Waals surface area (Å²) in [5.41, 5.74) is 3.09. The normalized spacial score (nSPS) is 15.7. The highest BCUT2D eigenvalue weighted by molar-refractivity contribution is 5.72. The van der Waals surface area contributed by atoms with E-state index in [1.165, 1.54) is 5.69 Å². The molecule has 2 aromatic heterocycles. The first kappa shape index (κ1) is 11.2. The first-order chi connectivity index (χ1) is 8.95. The number of aromatic nitrogens is 2. The second-order valence-electron chi connectivity index (χ2n) is 4.32. The van der Waals surface area contributed by atoms with Gasteiger partial charge in [-0.15, -0.1) is 0 Å². The van der Waals surface area contributed by atoms with Gasteiger partial charge in [-0.25, -0.2) is 0 Å². The first-order valence-electron chi connectivity index (χ1n) is 6.27. The number of pyridine rings is 2. The van der Waals surface area contributed by atoms with E-state index in [4.69, 9.17) is 0 Å². The summed E-state index contributed by atoms with van der Waals surface area (Å²) >= 11 is 0. The molecule has 4 nitrogen and oxygen atoms in total. The lowest BCUT2D eigenvalue weighted by molar-refractivity contribution is 0.589. The summed E-state index contributed by atoms with van der Waals surface area (Å²) in [4.78, 5) is 11.3. The van der Waals surface area contributed by atoms with Crippen LogP contribution in [0.4, 0.5) is 5.69 Å². The Balaban J connectivity index is 1.99. The van der Waals surface area contributed by atoms with Crippen LogP contribution >= 0.6 is 0 Å². The molecule has 0 radical (unpaired) electrons. The molecule has 18 heavy (non-hydrogen) atoms. The van der Waals surface area contributed by atoms with E-state index in [2.05, 4.69) is 26.3 Å². The first-order valence-corrected chi connectivity index (χ1v) is 6.27. The van der Waals surface area contributed by atoms with E-state index < -0.39 is 0 Å².